The summed E-state index contributed by atoms with van der Waals surface area (Å²) in [4.78, 5) is 0. The van der Waals surface area contributed by atoms with Gasteiger partial charge < -0.3 is 5.32 Å². The third kappa shape index (κ3) is 2.70. The van der Waals surface area contributed by atoms with Gasteiger partial charge in [-0.3, -0.25) is 0 Å². The fourth-order valence-corrected chi connectivity index (χ4v) is 2.35. The maximum atomic E-state index is 3.42. The molecule has 1 aliphatic heterocycles. The van der Waals surface area contributed by atoms with Crippen molar-refractivity contribution in [1.29, 1.82) is 0 Å². The third-order valence-electron chi connectivity index (χ3n) is 3.16. The van der Waals surface area contributed by atoms with E-state index in [0.29, 0.717) is 0 Å². The molecule has 0 bridgehead atoms. The number of nitrogens with one attached hydrogen (secondary N) is 1. The lowest BCUT2D eigenvalue weighted by Crippen LogP contribution is -2.28. The van der Waals surface area contributed by atoms with E-state index in [2.05, 4.69) is 29.6 Å². The lowest BCUT2D eigenvalue weighted by atomic mass is 9.85. The van der Waals surface area contributed by atoms with Crippen LogP contribution in [0.4, 0.5) is 0 Å². The molecule has 0 radical (unpaired) electrons. The van der Waals surface area contributed by atoms with E-state index in [4.69, 9.17) is 0 Å². The molecular formula is C12H19N. The molecule has 0 spiro atoms. The highest BCUT2D eigenvalue weighted by Crippen LogP contribution is 2.25. The Kier molecular flexibility index (Phi) is 3.20. The minimum absolute atomic E-state index is 0.827. The molecule has 1 aliphatic carbocycles. The van der Waals surface area contributed by atoms with Crippen LogP contribution < -0.4 is 5.32 Å². The van der Waals surface area contributed by atoms with Crippen LogP contribution >= 0.6 is 0 Å². The van der Waals surface area contributed by atoms with Crippen LogP contribution in [0.1, 0.15) is 25.7 Å². The molecule has 2 rings (SSSR count). The third-order valence-corrected chi connectivity index (χ3v) is 3.16. The zero-order valence-electron chi connectivity index (χ0n) is 8.21. The summed E-state index contributed by atoms with van der Waals surface area (Å²) in [6, 6.07) is 0. The van der Waals surface area contributed by atoms with Gasteiger partial charge in [0.15, 0.2) is 0 Å². The second kappa shape index (κ2) is 4.61. The van der Waals surface area contributed by atoms with Crippen LogP contribution in [-0.4, -0.2) is 13.1 Å². The molecule has 1 nitrogen and oxygen atoms in total. The van der Waals surface area contributed by atoms with Gasteiger partial charge in [-0.05, 0) is 50.6 Å². The highest BCUT2D eigenvalue weighted by atomic mass is 14.9. The van der Waals surface area contributed by atoms with Crippen LogP contribution in [0.5, 0.6) is 0 Å². The van der Waals surface area contributed by atoms with E-state index in [0.717, 1.165) is 11.8 Å². The minimum Gasteiger partial charge on any atom is -0.317 e. The summed E-state index contributed by atoms with van der Waals surface area (Å²) in [5.74, 6) is 1.80. The predicted molar refractivity (Wildman–Crippen MR) is 56.6 cm³/mol. The lowest BCUT2D eigenvalue weighted by Gasteiger charge is -2.25. The molecule has 1 heteroatoms. The fraction of sp³-hybridized carbons (Fsp3) is 0.667. The van der Waals surface area contributed by atoms with E-state index in [1.54, 1.807) is 0 Å². The molecule has 0 saturated carbocycles. The number of hydrogen-bond acceptors (Lipinski definition) is 1. The Balaban J connectivity index is 1.76. The van der Waals surface area contributed by atoms with Gasteiger partial charge in [0.2, 0.25) is 0 Å². The van der Waals surface area contributed by atoms with Crippen molar-refractivity contribution in [1.82, 2.24) is 5.32 Å². The van der Waals surface area contributed by atoms with Gasteiger partial charge in [0, 0.05) is 0 Å². The Labute approximate surface area is 80.9 Å². The van der Waals surface area contributed by atoms with E-state index < -0.39 is 0 Å². The van der Waals surface area contributed by atoms with E-state index in [1.807, 2.05) is 0 Å². The van der Waals surface area contributed by atoms with Crippen molar-refractivity contribution >= 4 is 0 Å². The molecule has 1 fully saturated rings. The normalized spacial score (nSPS) is 29.4. The van der Waals surface area contributed by atoms with Crippen molar-refractivity contribution in [3.8, 4) is 0 Å². The Bertz CT molecular complexity index is 199. The Morgan fingerprint density at radius 3 is 2.69 bits per heavy atom. The Morgan fingerprint density at radius 1 is 1.15 bits per heavy atom. The minimum atomic E-state index is 0.827. The van der Waals surface area contributed by atoms with E-state index in [9.17, 15) is 0 Å². The maximum absolute atomic E-state index is 3.42. The summed E-state index contributed by atoms with van der Waals surface area (Å²) in [5.41, 5.74) is 0. The smallest absolute Gasteiger partial charge is 0.00463 e. The van der Waals surface area contributed by atoms with E-state index >= 15 is 0 Å². The maximum Gasteiger partial charge on any atom is -0.00463 e. The molecule has 72 valence electrons. The highest BCUT2D eigenvalue weighted by Gasteiger charge is 2.16. The second-order valence-electron chi connectivity index (χ2n) is 4.24. The lowest BCUT2D eigenvalue weighted by molar-refractivity contribution is 0.321. The first-order valence-corrected chi connectivity index (χ1v) is 5.49. The number of piperidine rings is 1. The molecule has 1 N–H and O–H groups in total. The molecule has 13 heavy (non-hydrogen) atoms. The topological polar surface area (TPSA) is 12.0 Å². The molecule has 0 amide bonds. The average Bonchev–Trinajstić information content (AvgIpc) is 2.21. The van der Waals surface area contributed by atoms with Crippen LogP contribution in [0, 0.1) is 11.8 Å². The summed E-state index contributed by atoms with van der Waals surface area (Å²) in [6.07, 6.45) is 14.5. The van der Waals surface area contributed by atoms with Gasteiger partial charge in [-0.1, -0.05) is 24.3 Å². The number of hydrogen-bond donors (Lipinski definition) is 1. The van der Waals surface area contributed by atoms with Crippen LogP contribution in [0.25, 0.3) is 0 Å². The molecule has 2 aliphatic rings. The van der Waals surface area contributed by atoms with E-state index in [-0.39, 0.29) is 0 Å². The van der Waals surface area contributed by atoms with Crippen molar-refractivity contribution in [2.45, 2.75) is 25.7 Å². The highest BCUT2D eigenvalue weighted by molar-refractivity contribution is 5.10. The van der Waals surface area contributed by atoms with Crippen molar-refractivity contribution in [2.75, 3.05) is 13.1 Å². The molecule has 1 atom stereocenters. The summed E-state index contributed by atoms with van der Waals surface area (Å²) >= 11 is 0. The monoisotopic (exact) mass is 177 g/mol. The second-order valence-corrected chi connectivity index (χ2v) is 4.24. The first-order chi connectivity index (χ1) is 6.45. The molecular weight excluding hydrogens is 158 g/mol. The van der Waals surface area contributed by atoms with Gasteiger partial charge in [0.25, 0.3) is 0 Å². The van der Waals surface area contributed by atoms with Crippen LogP contribution in [0.3, 0.4) is 0 Å². The largest absolute Gasteiger partial charge is 0.317 e. The molecule has 1 heterocycles. The van der Waals surface area contributed by atoms with Crippen LogP contribution in [-0.2, 0) is 0 Å². The SMILES string of the molecule is C1=CCC(CC2CCNCC2)C=C1. The Morgan fingerprint density at radius 2 is 2.00 bits per heavy atom. The van der Waals surface area contributed by atoms with Crippen LogP contribution in [0.15, 0.2) is 24.3 Å². The Hall–Kier alpha value is -0.560. The van der Waals surface area contributed by atoms with Gasteiger partial charge in [0.1, 0.15) is 0 Å². The van der Waals surface area contributed by atoms with Gasteiger partial charge >= 0.3 is 0 Å². The molecule has 0 aromatic heterocycles. The van der Waals surface area contributed by atoms with Crippen molar-refractivity contribution in [3.63, 3.8) is 0 Å². The number of rotatable bonds is 2. The van der Waals surface area contributed by atoms with Crippen LogP contribution in [0.2, 0.25) is 0 Å². The summed E-state index contributed by atoms with van der Waals surface area (Å²) in [7, 11) is 0. The first-order valence-electron chi connectivity index (χ1n) is 5.49. The first kappa shape index (κ1) is 9.01. The van der Waals surface area contributed by atoms with Gasteiger partial charge in [-0.2, -0.15) is 0 Å². The zero-order chi connectivity index (χ0) is 8.93. The van der Waals surface area contributed by atoms with Gasteiger partial charge in [0.05, 0.1) is 0 Å². The van der Waals surface area contributed by atoms with Crippen molar-refractivity contribution < 1.29 is 0 Å². The standard InChI is InChI=1S/C12H19N/c1-2-4-11(5-3-1)10-12-6-8-13-9-7-12/h1-4,11-13H,5-10H2. The molecule has 0 aromatic carbocycles. The zero-order valence-corrected chi connectivity index (χ0v) is 8.21. The fourth-order valence-electron chi connectivity index (χ4n) is 2.35. The van der Waals surface area contributed by atoms with Gasteiger partial charge in [-0.25, -0.2) is 0 Å². The van der Waals surface area contributed by atoms with E-state index in [1.165, 1.54) is 38.8 Å². The summed E-state index contributed by atoms with van der Waals surface area (Å²) in [5, 5.41) is 3.42. The van der Waals surface area contributed by atoms with Gasteiger partial charge in [-0.15, -0.1) is 0 Å². The quantitative estimate of drug-likeness (QED) is 0.683. The predicted octanol–water partition coefficient (Wildman–Crippen LogP) is 2.51. The summed E-state index contributed by atoms with van der Waals surface area (Å²) in [6.45, 7) is 2.47. The van der Waals surface area contributed by atoms with Crippen molar-refractivity contribution in [2.24, 2.45) is 11.8 Å². The average molecular weight is 177 g/mol. The van der Waals surface area contributed by atoms with Crippen molar-refractivity contribution in [3.05, 3.63) is 24.3 Å². The number of allylic oxidation sites excluding steroid dienone is 4. The molecule has 1 unspecified atom stereocenters. The molecule has 1 saturated heterocycles. The summed E-state index contributed by atoms with van der Waals surface area (Å²) < 4.78 is 0. The molecule has 0 aromatic rings.